The lowest BCUT2D eigenvalue weighted by atomic mass is 10.4. The quantitative estimate of drug-likeness (QED) is 0.830. The van der Waals surface area contributed by atoms with Gasteiger partial charge in [-0.25, -0.2) is 4.79 Å². The molecule has 0 saturated carbocycles. The molecule has 0 spiro atoms. The average molecular weight is 402 g/mol. The Morgan fingerprint density at radius 1 is 1.37 bits per heavy atom. The molecule has 0 fully saturated rings. The van der Waals surface area contributed by atoms with Gasteiger partial charge in [-0.05, 0) is 30.5 Å². The molecule has 2 aromatic rings. The molecule has 0 aromatic carbocycles. The van der Waals surface area contributed by atoms with Crippen molar-refractivity contribution in [2.75, 3.05) is 0 Å². The number of nitrogens with zero attached hydrogens (tertiary/aromatic N) is 2. The summed E-state index contributed by atoms with van der Waals surface area (Å²) in [6.07, 6.45) is -4.41. The third kappa shape index (κ3) is 3.97. The molecule has 2 aromatic heterocycles. The molecule has 1 atom stereocenters. The summed E-state index contributed by atoms with van der Waals surface area (Å²) in [7, 11) is 0. The lowest BCUT2D eigenvalue weighted by Crippen LogP contribution is -2.35. The lowest BCUT2D eigenvalue weighted by molar-refractivity contribution is -0.153. The van der Waals surface area contributed by atoms with Crippen LogP contribution in [0.3, 0.4) is 0 Å². The summed E-state index contributed by atoms with van der Waals surface area (Å²) in [6.45, 7) is 1.32. The standard InChI is InChI=1S/C16H13F3N2O5S/c1-9-8-27-14(21(9)15(23)24)20-5-4-10(6-13(20)22)25-7-11-2-3-12(26-11)16(17,18)19/h2-6,8,14H,7H2,1H3,(H,23,24). The van der Waals surface area contributed by atoms with E-state index in [0.717, 1.165) is 34.9 Å². The minimum absolute atomic E-state index is 0.0465. The van der Waals surface area contributed by atoms with Crippen LogP contribution >= 0.6 is 11.8 Å². The van der Waals surface area contributed by atoms with Crippen molar-refractivity contribution in [1.82, 2.24) is 9.47 Å². The van der Waals surface area contributed by atoms with E-state index in [-0.39, 0.29) is 18.1 Å². The average Bonchev–Trinajstić information content (AvgIpc) is 3.19. The first-order valence-corrected chi connectivity index (χ1v) is 8.46. The van der Waals surface area contributed by atoms with Crippen molar-refractivity contribution in [2.45, 2.75) is 25.2 Å². The first-order chi connectivity index (χ1) is 12.7. The second-order valence-electron chi connectivity index (χ2n) is 5.53. The number of furan rings is 1. The lowest BCUT2D eigenvalue weighted by Gasteiger charge is -2.24. The van der Waals surface area contributed by atoms with Gasteiger partial charge < -0.3 is 14.3 Å². The first-order valence-electron chi connectivity index (χ1n) is 7.52. The molecule has 1 amide bonds. The molecule has 144 valence electrons. The number of carbonyl (C=O) groups is 1. The normalized spacial score (nSPS) is 17.1. The van der Waals surface area contributed by atoms with E-state index in [1.54, 1.807) is 12.3 Å². The van der Waals surface area contributed by atoms with Gasteiger partial charge in [0.05, 0.1) is 0 Å². The maximum absolute atomic E-state index is 12.5. The number of ether oxygens (including phenoxy) is 1. The third-order valence-electron chi connectivity index (χ3n) is 3.65. The Morgan fingerprint density at radius 2 is 2.11 bits per heavy atom. The van der Waals surface area contributed by atoms with Crippen LogP contribution in [0, 0.1) is 0 Å². The highest BCUT2D eigenvalue weighted by molar-refractivity contribution is 8.02. The van der Waals surface area contributed by atoms with Crippen LogP contribution in [0.5, 0.6) is 5.75 Å². The summed E-state index contributed by atoms with van der Waals surface area (Å²) >= 11 is 1.16. The monoisotopic (exact) mass is 402 g/mol. The van der Waals surface area contributed by atoms with Crippen LogP contribution in [0.4, 0.5) is 18.0 Å². The largest absolute Gasteiger partial charge is 0.485 e. The number of allylic oxidation sites excluding steroid dienone is 1. The van der Waals surface area contributed by atoms with Gasteiger partial charge >= 0.3 is 12.3 Å². The van der Waals surface area contributed by atoms with Crippen molar-refractivity contribution in [1.29, 1.82) is 0 Å². The van der Waals surface area contributed by atoms with Crippen molar-refractivity contribution >= 4 is 17.9 Å². The van der Waals surface area contributed by atoms with E-state index in [4.69, 9.17) is 4.74 Å². The molecule has 0 saturated heterocycles. The molecule has 0 aliphatic carbocycles. The second kappa shape index (κ2) is 7.06. The van der Waals surface area contributed by atoms with Gasteiger partial charge in [-0.3, -0.25) is 14.3 Å². The van der Waals surface area contributed by atoms with Gasteiger partial charge in [0.2, 0.25) is 5.76 Å². The van der Waals surface area contributed by atoms with Gasteiger partial charge in [-0.15, -0.1) is 0 Å². The minimum atomic E-state index is -4.58. The number of hydrogen-bond donors (Lipinski definition) is 1. The number of rotatable bonds is 4. The van der Waals surface area contributed by atoms with Crippen molar-refractivity contribution in [2.24, 2.45) is 0 Å². The zero-order valence-electron chi connectivity index (χ0n) is 13.8. The van der Waals surface area contributed by atoms with Gasteiger partial charge in [-0.1, -0.05) is 11.8 Å². The summed E-state index contributed by atoms with van der Waals surface area (Å²) in [4.78, 5) is 24.7. The van der Waals surface area contributed by atoms with Crippen molar-refractivity contribution in [3.05, 3.63) is 63.4 Å². The number of pyridine rings is 1. The Balaban J connectivity index is 1.71. The maximum Gasteiger partial charge on any atom is 0.449 e. The van der Waals surface area contributed by atoms with E-state index in [1.807, 2.05) is 0 Å². The summed E-state index contributed by atoms with van der Waals surface area (Å²) in [5.41, 5.74) is -0.804. The van der Waals surface area contributed by atoms with Crippen LogP contribution in [-0.4, -0.2) is 20.7 Å². The van der Waals surface area contributed by atoms with Crippen molar-refractivity contribution < 1.29 is 32.2 Å². The number of thioether (sulfide) groups is 1. The fourth-order valence-electron chi connectivity index (χ4n) is 2.39. The molecule has 7 nitrogen and oxygen atoms in total. The fraction of sp³-hybridized carbons (Fsp3) is 0.250. The Bertz CT molecular complexity index is 950. The number of carboxylic acid groups (broad SMARTS) is 1. The Morgan fingerprint density at radius 3 is 2.70 bits per heavy atom. The van der Waals surface area contributed by atoms with E-state index >= 15 is 0 Å². The van der Waals surface area contributed by atoms with Crippen LogP contribution in [0.15, 0.2) is 50.8 Å². The Hall–Kier alpha value is -2.82. The molecule has 3 heterocycles. The van der Waals surface area contributed by atoms with E-state index < -0.39 is 29.1 Å². The number of amides is 1. The summed E-state index contributed by atoms with van der Waals surface area (Å²) in [5, 5.41) is 10.9. The molecule has 1 aliphatic rings. The Kier molecular flexibility index (Phi) is 4.96. The molecule has 1 N–H and O–H groups in total. The SMILES string of the molecule is CC1=CSC(n2ccc(OCc3ccc(C(F)(F)F)o3)cc2=O)N1C(=O)O. The molecular formula is C16H13F3N2O5S. The molecule has 3 rings (SSSR count). The van der Waals surface area contributed by atoms with Crippen LogP contribution in [-0.2, 0) is 12.8 Å². The molecule has 1 aliphatic heterocycles. The molecule has 0 bridgehead atoms. The fourth-order valence-corrected chi connectivity index (χ4v) is 3.51. The van der Waals surface area contributed by atoms with Crippen molar-refractivity contribution in [3.8, 4) is 5.75 Å². The van der Waals surface area contributed by atoms with E-state index in [2.05, 4.69) is 4.42 Å². The van der Waals surface area contributed by atoms with Gasteiger partial charge in [0.1, 0.15) is 18.1 Å². The van der Waals surface area contributed by atoms with Crippen molar-refractivity contribution in [3.63, 3.8) is 0 Å². The van der Waals surface area contributed by atoms with Crippen LogP contribution in [0.25, 0.3) is 0 Å². The number of alkyl halides is 3. The highest BCUT2D eigenvalue weighted by atomic mass is 32.2. The zero-order chi connectivity index (χ0) is 19.8. The number of aromatic nitrogens is 1. The summed E-state index contributed by atoms with van der Waals surface area (Å²) in [5.74, 6) is -1.06. The van der Waals surface area contributed by atoms with Gasteiger partial charge in [-0.2, -0.15) is 13.2 Å². The Labute approximate surface area is 154 Å². The van der Waals surface area contributed by atoms with Gasteiger partial charge in [0, 0.05) is 18.0 Å². The van der Waals surface area contributed by atoms with Gasteiger partial charge in [0.25, 0.3) is 5.56 Å². The summed E-state index contributed by atoms with van der Waals surface area (Å²) in [6, 6.07) is 4.48. The molecule has 11 heteroatoms. The highest BCUT2D eigenvalue weighted by Gasteiger charge is 2.35. The maximum atomic E-state index is 12.5. The first kappa shape index (κ1) is 19.0. The molecule has 0 radical (unpaired) electrons. The number of hydrogen-bond acceptors (Lipinski definition) is 5. The number of halogens is 3. The third-order valence-corrected chi connectivity index (χ3v) is 4.81. The summed E-state index contributed by atoms with van der Waals surface area (Å²) < 4.78 is 48.6. The topological polar surface area (TPSA) is 84.9 Å². The molecular weight excluding hydrogens is 389 g/mol. The van der Waals surface area contributed by atoms with E-state index in [0.29, 0.717) is 5.70 Å². The highest BCUT2D eigenvalue weighted by Crippen LogP contribution is 2.38. The minimum Gasteiger partial charge on any atom is -0.485 e. The van der Waals surface area contributed by atoms with Gasteiger partial charge in [0.15, 0.2) is 5.50 Å². The molecule has 27 heavy (non-hydrogen) atoms. The smallest absolute Gasteiger partial charge is 0.449 e. The van der Waals surface area contributed by atoms with Crippen LogP contribution in [0.2, 0.25) is 0 Å². The predicted molar refractivity (Wildman–Crippen MR) is 89.0 cm³/mol. The van der Waals surface area contributed by atoms with Crippen LogP contribution < -0.4 is 10.3 Å². The second-order valence-corrected chi connectivity index (χ2v) is 6.46. The predicted octanol–water partition coefficient (Wildman–Crippen LogP) is 4.08. The zero-order valence-corrected chi connectivity index (χ0v) is 14.6. The van der Waals surface area contributed by atoms with E-state index in [9.17, 15) is 27.9 Å². The molecule has 1 unspecified atom stereocenters. The van der Waals surface area contributed by atoms with E-state index in [1.165, 1.54) is 16.8 Å². The van der Waals surface area contributed by atoms with Crippen LogP contribution in [0.1, 0.15) is 23.9 Å².